The molecule has 1 saturated heterocycles. The first-order chi connectivity index (χ1) is 10.0. The molecule has 1 aromatic rings. The lowest BCUT2D eigenvalue weighted by Gasteiger charge is -2.45. The standard InChI is InChI=1S/C14H26BrN5O/c1-4-5-20-12(11(15)10-17-20)13(18-16)14(2,3)19-6-8-21-9-7-19/h10,13,18H,4-9,16H2,1-3H3. The van der Waals surface area contributed by atoms with Crippen LogP contribution in [0.25, 0.3) is 0 Å². The molecule has 0 aromatic carbocycles. The van der Waals surface area contributed by atoms with E-state index in [1.165, 1.54) is 0 Å². The molecule has 1 aliphatic rings. The van der Waals surface area contributed by atoms with Crippen molar-refractivity contribution < 1.29 is 4.74 Å². The number of aryl methyl sites for hydroxylation is 1. The molecule has 7 heteroatoms. The van der Waals surface area contributed by atoms with Crippen LogP contribution in [0.1, 0.15) is 38.9 Å². The summed E-state index contributed by atoms with van der Waals surface area (Å²) in [5.74, 6) is 5.92. The van der Waals surface area contributed by atoms with Crippen molar-refractivity contribution in [3.8, 4) is 0 Å². The van der Waals surface area contributed by atoms with Gasteiger partial charge >= 0.3 is 0 Å². The number of hydrogen-bond donors (Lipinski definition) is 2. The maximum absolute atomic E-state index is 5.92. The fourth-order valence-electron chi connectivity index (χ4n) is 2.99. The van der Waals surface area contributed by atoms with Gasteiger partial charge in [-0.05, 0) is 36.2 Å². The molecule has 1 aliphatic heterocycles. The van der Waals surface area contributed by atoms with Gasteiger partial charge in [0.25, 0.3) is 0 Å². The highest BCUT2D eigenvalue weighted by Crippen LogP contribution is 2.35. The van der Waals surface area contributed by atoms with Crippen LogP contribution in [0.5, 0.6) is 0 Å². The molecular formula is C14H26BrN5O. The molecule has 0 aliphatic carbocycles. The quantitative estimate of drug-likeness (QED) is 0.597. The Morgan fingerprint density at radius 1 is 1.48 bits per heavy atom. The number of halogens is 1. The Hall–Kier alpha value is -0.470. The maximum Gasteiger partial charge on any atom is 0.0818 e. The van der Waals surface area contributed by atoms with E-state index < -0.39 is 0 Å². The second-order valence-corrected chi connectivity index (χ2v) is 6.81. The molecule has 0 spiro atoms. The van der Waals surface area contributed by atoms with E-state index in [1.54, 1.807) is 0 Å². The Kier molecular flexibility index (Phi) is 5.79. The maximum atomic E-state index is 5.92. The summed E-state index contributed by atoms with van der Waals surface area (Å²) in [4.78, 5) is 2.43. The highest BCUT2D eigenvalue weighted by atomic mass is 79.9. The molecule has 0 amide bonds. The van der Waals surface area contributed by atoms with Crippen molar-refractivity contribution in [1.82, 2.24) is 20.1 Å². The predicted molar refractivity (Wildman–Crippen MR) is 86.8 cm³/mol. The van der Waals surface area contributed by atoms with Gasteiger partial charge in [0, 0.05) is 25.2 Å². The lowest BCUT2D eigenvalue weighted by Crippen LogP contribution is -2.57. The largest absolute Gasteiger partial charge is 0.379 e. The van der Waals surface area contributed by atoms with Gasteiger partial charge in [-0.15, -0.1) is 0 Å². The normalized spacial score (nSPS) is 18.9. The minimum absolute atomic E-state index is 0.0148. The Morgan fingerprint density at radius 3 is 2.71 bits per heavy atom. The highest BCUT2D eigenvalue weighted by Gasteiger charge is 2.39. The van der Waals surface area contributed by atoms with Crippen molar-refractivity contribution in [1.29, 1.82) is 0 Å². The van der Waals surface area contributed by atoms with Crippen molar-refractivity contribution in [3.05, 3.63) is 16.4 Å². The van der Waals surface area contributed by atoms with Gasteiger partial charge in [-0.2, -0.15) is 5.10 Å². The first-order valence-corrected chi connectivity index (χ1v) is 8.31. The van der Waals surface area contributed by atoms with E-state index in [0.29, 0.717) is 0 Å². The Labute approximate surface area is 135 Å². The molecule has 0 bridgehead atoms. The van der Waals surface area contributed by atoms with Gasteiger partial charge in [-0.1, -0.05) is 6.92 Å². The van der Waals surface area contributed by atoms with Crippen LogP contribution in [-0.4, -0.2) is 46.5 Å². The van der Waals surface area contributed by atoms with Gasteiger partial charge in [0.2, 0.25) is 0 Å². The van der Waals surface area contributed by atoms with Crippen molar-refractivity contribution >= 4 is 15.9 Å². The summed E-state index contributed by atoms with van der Waals surface area (Å²) in [5.41, 5.74) is 3.98. The summed E-state index contributed by atoms with van der Waals surface area (Å²) in [5, 5.41) is 4.46. The van der Waals surface area contributed by atoms with Gasteiger partial charge in [-0.25, -0.2) is 5.43 Å². The molecule has 1 aromatic heterocycles. The topological polar surface area (TPSA) is 68.3 Å². The molecule has 21 heavy (non-hydrogen) atoms. The number of aromatic nitrogens is 2. The first-order valence-electron chi connectivity index (χ1n) is 7.52. The van der Waals surface area contributed by atoms with E-state index in [1.807, 2.05) is 10.9 Å². The monoisotopic (exact) mass is 359 g/mol. The van der Waals surface area contributed by atoms with Crippen molar-refractivity contribution in [2.45, 2.75) is 45.3 Å². The zero-order chi connectivity index (χ0) is 15.5. The van der Waals surface area contributed by atoms with Gasteiger partial charge < -0.3 is 4.74 Å². The van der Waals surface area contributed by atoms with Crippen LogP contribution in [-0.2, 0) is 11.3 Å². The predicted octanol–water partition coefficient (Wildman–Crippen LogP) is 1.67. The average Bonchev–Trinajstić information content (AvgIpc) is 2.83. The summed E-state index contributed by atoms with van der Waals surface area (Å²) in [6.45, 7) is 10.9. The van der Waals surface area contributed by atoms with Crippen LogP contribution < -0.4 is 11.3 Å². The van der Waals surface area contributed by atoms with Crippen molar-refractivity contribution in [2.75, 3.05) is 26.3 Å². The Balaban J connectivity index is 2.31. The molecular weight excluding hydrogens is 334 g/mol. The zero-order valence-electron chi connectivity index (χ0n) is 13.1. The van der Waals surface area contributed by atoms with E-state index in [0.717, 1.165) is 49.4 Å². The molecule has 0 radical (unpaired) electrons. The number of nitrogens with two attached hydrogens (primary N) is 1. The minimum Gasteiger partial charge on any atom is -0.379 e. The summed E-state index contributed by atoms with van der Waals surface area (Å²) in [7, 11) is 0. The third-order valence-corrected chi connectivity index (χ3v) is 4.85. The SMILES string of the molecule is CCCn1ncc(Br)c1C(NN)C(C)(C)N1CCOCC1. The molecule has 3 N–H and O–H groups in total. The molecule has 6 nitrogen and oxygen atoms in total. The number of hydrazine groups is 1. The lowest BCUT2D eigenvalue weighted by molar-refractivity contribution is -0.0250. The smallest absolute Gasteiger partial charge is 0.0818 e. The number of nitrogens with one attached hydrogen (secondary N) is 1. The van der Waals surface area contributed by atoms with Gasteiger partial charge in [0.05, 0.1) is 35.6 Å². The molecule has 0 saturated carbocycles. The number of morpholine rings is 1. The molecule has 1 fully saturated rings. The molecule has 1 atom stereocenters. The Morgan fingerprint density at radius 2 is 2.14 bits per heavy atom. The van der Waals surface area contributed by atoms with Crippen LogP contribution in [0.4, 0.5) is 0 Å². The number of nitrogens with zero attached hydrogens (tertiary/aromatic N) is 3. The van der Waals surface area contributed by atoms with Crippen molar-refractivity contribution in [3.63, 3.8) is 0 Å². The van der Waals surface area contributed by atoms with E-state index in [-0.39, 0.29) is 11.6 Å². The second-order valence-electron chi connectivity index (χ2n) is 5.95. The summed E-state index contributed by atoms with van der Waals surface area (Å²) < 4.78 is 8.50. The minimum atomic E-state index is -0.132. The van der Waals surface area contributed by atoms with Crippen LogP contribution in [0.15, 0.2) is 10.7 Å². The third-order valence-electron chi connectivity index (χ3n) is 4.24. The van der Waals surface area contributed by atoms with E-state index in [9.17, 15) is 0 Å². The van der Waals surface area contributed by atoms with Crippen LogP contribution in [0.2, 0.25) is 0 Å². The van der Waals surface area contributed by atoms with E-state index >= 15 is 0 Å². The van der Waals surface area contributed by atoms with Gasteiger partial charge in [0.1, 0.15) is 0 Å². The number of ether oxygens (including phenoxy) is 1. The number of rotatable bonds is 6. The fraction of sp³-hybridized carbons (Fsp3) is 0.786. The average molecular weight is 360 g/mol. The lowest BCUT2D eigenvalue weighted by atomic mass is 9.89. The Bertz CT molecular complexity index is 456. The molecule has 120 valence electrons. The summed E-state index contributed by atoms with van der Waals surface area (Å²) in [6.07, 6.45) is 2.89. The van der Waals surface area contributed by atoms with Crippen LogP contribution in [0, 0.1) is 0 Å². The summed E-state index contributed by atoms with van der Waals surface area (Å²) in [6, 6.07) is -0.0148. The van der Waals surface area contributed by atoms with Crippen LogP contribution in [0.3, 0.4) is 0 Å². The van der Waals surface area contributed by atoms with Crippen molar-refractivity contribution in [2.24, 2.45) is 5.84 Å². The van der Waals surface area contributed by atoms with Gasteiger partial charge in [0.15, 0.2) is 0 Å². The highest BCUT2D eigenvalue weighted by molar-refractivity contribution is 9.10. The van der Waals surface area contributed by atoms with E-state index in [2.05, 4.69) is 52.1 Å². The third kappa shape index (κ3) is 3.48. The first kappa shape index (κ1) is 16.9. The fourth-order valence-corrected chi connectivity index (χ4v) is 3.51. The van der Waals surface area contributed by atoms with E-state index in [4.69, 9.17) is 10.6 Å². The molecule has 1 unspecified atom stereocenters. The van der Waals surface area contributed by atoms with Gasteiger partial charge in [-0.3, -0.25) is 15.4 Å². The number of hydrogen-bond acceptors (Lipinski definition) is 5. The van der Waals surface area contributed by atoms with Crippen LogP contribution >= 0.6 is 15.9 Å². The molecule has 2 heterocycles. The summed E-state index contributed by atoms with van der Waals surface area (Å²) >= 11 is 3.62. The zero-order valence-corrected chi connectivity index (χ0v) is 14.7. The second kappa shape index (κ2) is 7.19. The molecule has 2 rings (SSSR count).